The van der Waals surface area contributed by atoms with Crippen molar-refractivity contribution in [1.82, 2.24) is 10.3 Å². The van der Waals surface area contributed by atoms with E-state index in [0.29, 0.717) is 41.8 Å². The van der Waals surface area contributed by atoms with Gasteiger partial charge in [0.2, 0.25) is 0 Å². The summed E-state index contributed by atoms with van der Waals surface area (Å²) in [4.78, 5) is 28.1. The number of piperazine rings is 1. The van der Waals surface area contributed by atoms with Crippen LogP contribution in [0.25, 0.3) is 0 Å². The fourth-order valence-corrected chi connectivity index (χ4v) is 3.52. The highest BCUT2D eigenvalue weighted by Gasteiger charge is 2.26. The summed E-state index contributed by atoms with van der Waals surface area (Å²) in [6, 6.07) is 12.7. The minimum atomic E-state index is -0.810. The number of nitrogens with zero attached hydrogens (tertiary/aromatic N) is 3. The van der Waals surface area contributed by atoms with E-state index in [1.54, 1.807) is 25.3 Å². The van der Waals surface area contributed by atoms with Gasteiger partial charge in [0.25, 0.3) is 0 Å². The lowest BCUT2D eigenvalue weighted by atomic mass is 10.2. The summed E-state index contributed by atoms with van der Waals surface area (Å²) in [7, 11) is 1.62. The molecule has 3 rings (SSSR count). The van der Waals surface area contributed by atoms with Crippen LogP contribution in [0.3, 0.4) is 0 Å². The topological polar surface area (TPSA) is 74.2 Å². The smallest absolute Gasteiger partial charge is 0.329 e. The van der Waals surface area contributed by atoms with Crippen molar-refractivity contribution in [2.24, 2.45) is 5.10 Å². The largest absolute Gasteiger partial charge is 0.495 e. The molecule has 2 amide bonds. The van der Waals surface area contributed by atoms with Crippen molar-refractivity contribution in [3.8, 4) is 5.75 Å². The molecule has 29 heavy (non-hydrogen) atoms. The van der Waals surface area contributed by atoms with Gasteiger partial charge in [-0.15, -0.1) is 0 Å². The second-order valence-electron chi connectivity index (χ2n) is 6.29. The number of para-hydroxylation sites is 2. The van der Waals surface area contributed by atoms with E-state index in [9.17, 15) is 9.59 Å². The minimum absolute atomic E-state index is 0.397. The number of carbonyl (C=O) groups is 2. The minimum Gasteiger partial charge on any atom is -0.495 e. The van der Waals surface area contributed by atoms with Gasteiger partial charge in [0, 0.05) is 31.7 Å². The molecule has 0 spiro atoms. The van der Waals surface area contributed by atoms with Gasteiger partial charge in [-0.05, 0) is 24.3 Å². The van der Waals surface area contributed by atoms with E-state index in [-0.39, 0.29) is 0 Å². The molecule has 0 atom stereocenters. The lowest BCUT2D eigenvalue weighted by Crippen LogP contribution is -2.52. The van der Waals surface area contributed by atoms with Crippen molar-refractivity contribution in [3.63, 3.8) is 0 Å². The second kappa shape index (κ2) is 9.62. The summed E-state index contributed by atoms with van der Waals surface area (Å²) >= 11 is 12.1. The Hall–Kier alpha value is -2.77. The Labute approximate surface area is 178 Å². The number of hydrogen-bond acceptors (Lipinski definition) is 5. The summed E-state index contributed by atoms with van der Waals surface area (Å²) in [6.45, 7) is 2.03. The summed E-state index contributed by atoms with van der Waals surface area (Å²) in [5.41, 5.74) is 3.66. The predicted octanol–water partition coefficient (Wildman–Crippen LogP) is 2.80. The molecule has 0 aromatic heterocycles. The third-order valence-electron chi connectivity index (χ3n) is 4.55. The van der Waals surface area contributed by atoms with Crippen LogP contribution in [0.5, 0.6) is 5.75 Å². The van der Waals surface area contributed by atoms with Gasteiger partial charge < -0.3 is 14.5 Å². The van der Waals surface area contributed by atoms with E-state index in [4.69, 9.17) is 27.9 Å². The molecule has 2 aromatic rings. The van der Waals surface area contributed by atoms with Gasteiger partial charge in [-0.2, -0.15) is 5.10 Å². The number of amides is 2. The summed E-state index contributed by atoms with van der Waals surface area (Å²) < 4.78 is 5.39. The zero-order chi connectivity index (χ0) is 20.8. The molecular formula is C20H20Cl2N4O3. The molecule has 0 aliphatic carbocycles. The molecule has 1 heterocycles. The molecule has 2 aromatic carbocycles. The number of hydrogen-bond donors (Lipinski definition) is 1. The number of benzene rings is 2. The number of ether oxygens (including phenoxy) is 1. The highest BCUT2D eigenvalue weighted by molar-refractivity contribution is 6.38. The molecule has 0 radical (unpaired) electrons. The molecule has 0 unspecified atom stereocenters. The Balaban J connectivity index is 1.55. The van der Waals surface area contributed by atoms with Gasteiger partial charge in [0.15, 0.2) is 0 Å². The van der Waals surface area contributed by atoms with Gasteiger partial charge in [-0.3, -0.25) is 9.59 Å². The molecule has 1 fully saturated rings. The third-order valence-corrected chi connectivity index (χ3v) is 5.21. The first-order chi connectivity index (χ1) is 14.0. The number of rotatable bonds is 4. The fourth-order valence-electron chi connectivity index (χ4n) is 3.02. The first-order valence-electron chi connectivity index (χ1n) is 8.95. The van der Waals surface area contributed by atoms with E-state index in [1.807, 2.05) is 24.3 Å². The van der Waals surface area contributed by atoms with Gasteiger partial charge in [0.1, 0.15) is 5.75 Å². The Morgan fingerprint density at radius 2 is 1.69 bits per heavy atom. The third kappa shape index (κ3) is 4.99. The predicted molar refractivity (Wildman–Crippen MR) is 114 cm³/mol. The standard InChI is InChI=1S/C20H20Cl2N4O3/c1-29-18-8-3-2-7-17(18)25-9-11-26(12-10-25)20(28)19(27)24-23-13-14-15(21)5-4-6-16(14)22/h2-8,13H,9-12H2,1H3,(H,24,27)/b23-13+. The van der Waals surface area contributed by atoms with E-state index < -0.39 is 11.8 Å². The average Bonchev–Trinajstić information content (AvgIpc) is 2.75. The first-order valence-corrected chi connectivity index (χ1v) is 9.71. The maximum atomic E-state index is 12.4. The van der Waals surface area contributed by atoms with Gasteiger partial charge in [-0.25, -0.2) is 5.43 Å². The number of carbonyl (C=O) groups excluding carboxylic acids is 2. The zero-order valence-corrected chi connectivity index (χ0v) is 17.3. The lowest BCUT2D eigenvalue weighted by molar-refractivity contribution is -0.146. The van der Waals surface area contributed by atoms with Gasteiger partial charge >= 0.3 is 11.8 Å². The second-order valence-corrected chi connectivity index (χ2v) is 7.10. The Morgan fingerprint density at radius 3 is 2.34 bits per heavy atom. The first kappa shape index (κ1) is 21.0. The molecule has 0 saturated carbocycles. The van der Waals surface area contributed by atoms with Crippen LogP contribution in [0.15, 0.2) is 47.6 Å². The van der Waals surface area contributed by atoms with Crippen LogP contribution in [0, 0.1) is 0 Å². The summed E-state index contributed by atoms with van der Waals surface area (Å²) in [6.07, 6.45) is 1.31. The van der Waals surface area contributed by atoms with E-state index >= 15 is 0 Å². The van der Waals surface area contributed by atoms with Crippen molar-refractivity contribution in [1.29, 1.82) is 0 Å². The van der Waals surface area contributed by atoms with Crippen LogP contribution < -0.4 is 15.1 Å². The monoisotopic (exact) mass is 434 g/mol. The van der Waals surface area contributed by atoms with Crippen molar-refractivity contribution < 1.29 is 14.3 Å². The number of anilines is 1. The Kier molecular flexibility index (Phi) is 6.95. The average molecular weight is 435 g/mol. The number of methoxy groups -OCH3 is 1. The van der Waals surface area contributed by atoms with Crippen molar-refractivity contribution >= 4 is 46.9 Å². The van der Waals surface area contributed by atoms with Crippen molar-refractivity contribution in [3.05, 3.63) is 58.1 Å². The van der Waals surface area contributed by atoms with Crippen LogP contribution in [0.1, 0.15) is 5.56 Å². The summed E-state index contributed by atoms with van der Waals surface area (Å²) in [5.74, 6) is -0.667. The van der Waals surface area contributed by atoms with Crippen molar-refractivity contribution in [2.75, 3.05) is 38.2 Å². The molecular weight excluding hydrogens is 415 g/mol. The van der Waals surface area contributed by atoms with E-state index in [0.717, 1.165) is 11.4 Å². The molecule has 1 aliphatic heterocycles. The highest BCUT2D eigenvalue weighted by Crippen LogP contribution is 2.28. The molecule has 7 nitrogen and oxygen atoms in total. The van der Waals surface area contributed by atoms with Crippen LogP contribution >= 0.6 is 23.2 Å². The maximum Gasteiger partial charge on any atom is 0.329 e. The SMILES string of the molecule is COc1ccccc1N1CCN(C(=O)C(=O)N/N=C/c2c(Cl)cccc2Cl)CC1. The molecule has 9 heteroatoms. The summed E-state index contributed by atoms with van der Waals surface area (Å²) in [5, 5.41) is 4.59. The lowest BCUT2D eigenvalue weighted by Gasteiger charge is -2.36. The van der Waals surface area contributed by atoms with Gasteiger partial charge in [0.05, 0.1) is 29.1 Å². The van der Waals surface area contributed by atoms with E-state index in [1.165, 1.54) is 11.1 Å². The Bertz CT molecular complexity index is 907. The van der Waals surface area contributed by atoms with Crippen molar-refractivity contribution in [2.45, 2.75) is 0 Å². The van der Waals surface area contributed by atoms with Crippen LogP contribution in [-0.2, 0) is 9.59 Å². The molecule has 1 aliphatic rings. The zero-order valence-electron chi connectivity index (χ0n) is 15.8. The maximum absolute atomic E-state index is 12.4. The normalized spacial score (nSPS) is 14.2. The molecule has 1 N–H and O–H groups in total. The quantitative estimate of drug-likeness (QED) is 0.456. The number of nitrogens with one attached hydrogen (secondary N) is 1. The van der Waals surface area contributed by atoms with Crippen LogP contribution in [0.4, 0.5) is 5.69 Å². The number of hydrazone groups is 1. The van der Waals surface area contributed by atoms with Crippen LogP contribution in [-0.4, -0.2) is 56.2 Å². The molecule has 0 bridgehead atoms. The molecule has 152 valence electrons. The van der Waals surface area contributed by atoms with Crippen LogP contribution in [0.2, 0.25) is 10.0 Å². The number of halogens is 2. The highest BCUT2D eigenvalue weighted by atomic mass is 35.5. The fraction of sp³-hybridized carbons (Fsp3) is 0.250. The van der Waals surface area contributed by atoms with E-state index in [2.05, 4.69) is 15.4 Å². The van der Waals surface area contributed by atoms with Gasteiger partial charge in [-0.1, -0.05) is 41.4 Å². The Morgan fingerprint density at radius 1 is 1.03 bits per heavy atom. The molecule has 1 saturated heterocycles.